The number of hydrogen-bond acceptors (Lipinski definition) is 2. The summed E-state index contributed by atoms with van der Waals surface area (Å²) in [4.78, 5) is 11.5. The first kappa shape index (κ1) is 11.4. The highest BCUT2D eigenvalue weighted by atomic mass is 79.9. The molecule has 0 aromatic carbocycles. The lowest BCUT2D eigenvalue weighted by Gasteiger charge is -2.13. The third kappa shape index (κ3) is 2.23. The number of Topliss-reactive ketones (excluding diaryl/α,β-unsaturated/α-hetero) is 1. The van der Waals surface area contributed by atoms with Gasteiger partial charge in [0.15, 0.2) is 5.78 Å². The minimum absolute atomic E-state index is 0.0113. The smallest absolute Gasteiger partial charge is 0.191 e. The number of carbonyl (C=O) groups is 1. The average Bonchev–Trinajstić information content (AvgIpc) is 2.45. The lowest BCUT2D eigenvalue weighted by atomic mass is 9.92. The highest BCUT2D eigenvalue weighted by Crippen LogP contribution is 2.21. The van der Waals surface area contributed by atoms with Gasteiger partial charge in [0.25, 0.3) is 0 Å². The van der Waals surface area contributed by atoms with Gasteiger partial charge >= 0.3 is 0 Å². The first-order chi connectivity index (χ1) is 6.36. The molecule has 3 nitrogen and oxygen atoms in total. The Morgan fingerprint density at radius 1 is 1.57 bits per heavy atom. The number of carbonyl (C=O) groups excluding carboxylic acids is 1. The zero-order chi connectivity index (χ0) is 10.9. The molecule has 4 heteroatoms. The van der Waals surface area contributed by atoms with Crippen molar-refractivity contribution < 1.29 is 4.79 Å². The van der Waals surface area contributed by atoms with E-state index in [1.165, 1.54) is 0 Å². The molecule has 0 saturated carbocycles. The largest absolute Gasteiger partial charge is 0.292 e. The Bertz CT molecular complexity index is 349. The SMILES string of the molecule is Cn1nc(C(C)(C)C)cc1C(=O)CBr. The Labute approximate surface area is 92.6 Å². The van der Waals surface area contributed by atoms with Crippen LogP contribution < -0.4 is 0 Å². The third-order valence-electron chi connectivity index (χ3n) is 2.06. The van der Waals surface area contributed by atoms with Crippen molar-refractivity contribution in [3.05, 3.63) is 17.5 Å². The molecule has 14 heavy (non-hydrogen) atoms. The topological polar surface area (TPSA) is 34.9 Å². The zero-order valence-electron chi connectivity index (χ0n) is 8.97. The van der Waals surface area contributed by atoms with Crippen molar-refractivity contribution in [2.45, 2.75) is 26.2 Å². The Hall–Kier alpha value is -0.640. The second-order valence-electron chi connectivity index (χ2n) is 4.35. The van der Waals surface area contributed by atoms with E-state index in [1.807, 2.05) is 6.07 Å². The highest BCUT2D eigenvalue weighted by Gasteiger charge is 2.20. The van der Waals surface area contributed by atoms with E-state index in [9.17, 15) is 4.79 Å². The Morgan fingerprint density at radius 3 is 2.50 bits per heavy atom. The molecule has 1 rings (SSSR count). The summed E-state index contributed by atoms with van der Waals surface area (Å²) < 4.78 is 1.64. The molecule has 1 aromatic rings. The molecule has 0 aliphatic heterocycles. The van der Waals surface area contributed by atoms with Gasteiger partial charge in [0, 0.05) is 12.5 Å². The Balaban J connectivity index is 3.12. The number of nitrogens with zero attached hydrogens (tertiary/aromatic N) is 2. The normalized spacial score (nSPS) is 11.8. The van der Waals surface area contributed by atoms with E-state index in [4.69, 9.17) is 0 Å². The molecule has 1 aromatic heterocycles. The molecule has 0 aliphatic carbocycles. The van der Waals surface area contributed by atoms with Crippen LogP contribution in [0.4, 0.5) is 0 Å². The maximum absolute atomic E-state index is 11.5. The van der Waals surface area contributed by atoms with E-state index in [0.29, 0.717) is 11.0 Å². The number of hydrogen-bond donors (Lipinski definition) is 0. The fourth-order valence-electron chi connectivity index (χ4n) is 1.16. The summed E-state index contributed by atoms with van der Waals surface area (Å²) in [6.45, 7) is 6.24. The maximum Gasteiger partial charge on any atom is 0.191 e. The van der Waals surface area contributed by atoms with Crippen molar-refractivity contribution in [1.82, 2.24) is 9.78 Å². The lowest BCUT2D eigenvalue weighted by molar-refractivity contribution is 0.101. The van der Waals surface area contributed by atoms with E-state index < -0.39 is 0 Å². The molecule has 0 amide bonds. The molecule has 0 saturated heterocycles. The predicted octanol–water partition coefficient (Wildman–Crippen LogP) is 2.30. The Kier molecular flexibility index (Phi) is 3.14. The summed E-state index contributed by atoms with van der Waals surface area (Å²) in [5, 5.41) is 4.67. The van der Waals surface area contributed by atoms with Gasteiger partial charge in [-0.1, -0.05) is 36.7 Å². The van der Waals surface area contributed by atoms with Crippen LogP contribution in [-0.4, -0.2) is 20.9 Å². The van der Waals surface area contributed by atoms with Gasteiger partial charge in [0.1, 0.15) is 5.69 Å². The number of aryl methyl sites for hydroxylation is 1. The summed E-state index contributed by atoms with van der Waals surface area (Å²) in [5.74, 6) is 0.0653. The van der Waals surface area contributed by atoms with Crippen LogP contribution in [0.1, 0.15) is 37.0 Å². The van der Waals surface area contributed by atoms with Gasteiger partial charge in [0.2, 0.25) is 0 Å². The van der Waals surface area contributed by atoms with Crippen LogP contribution in [0, 0.1) is 0 Å². The molecule has 0 fully saturated rings. The average molecular weight is 259 g/mol. The summed E-state index contributed by atoms with van der Waals surface area (Å²) in [7, 11) is 1.80. The maximum atomic E-state index is 11.5. The van der Waals surface area contributed by atoms with Gasteiger partial charge in [0.05, 0.1) is 11.0 Å². The third-order valence-corrected chi connectivity index (χ3v) is 2.56. The summed E-state index contributed by atoms with van der Waals surface area (Å²) in [5.41, 5.74) is 1.60. The van der Waals surface area contributed by atoms with Crippen LogP contribution in [0.3, 0.4) is 0 Å². The minimum atomic E-state index is -0.0113. The van der Waals surface area contributed by atoms with Crippen LogP contribution in [-0.2, 0) is 12.5 Å². The quantitative estimate of drug-likeness (QED) is 0.603. The van der Waals surface area contributed by atoms with Crippen molar-refractivity contribution in [1.29, 1.82) is 0 Å². The van der Waals surface area contributed by atoms with Crippen molar-refractivity contribution in [2.24, 2.45) is 7.05 Å². The fourth-order valence-corrected chi connectivity index (χ4v) is 1.45. The summed E-state index contributed by atoms with van der Waals surface area (Å²) >= 11 is 3.15. The molecule has 0 atom stereocenters. The Morgan fingerprint density at radius 2 is 2.14 bits per heavy atom. The van der Waals surface area contributed by atoms with E-state index in [-0.39, 0.29) is 11.2 Å². The molecule has 1 heterocycles. The lowest BCUT2D eigenvalue weighted by Crippen LogP contribution is -2.12. The van der Waals surface area contributed by atoms with Gasteiger partial charge in [-0.2, -0.15) is 5.10 Å². The molecule has 0 bridgehead atoms. The molecule has 78 valence electrons. The summed E-state index contributed by atoms with van der Waals surface area (Å²) in [6.07, 6.45) is 0. The predicted molar refractivity (Wildman–Crippen MR) is 60.0 cm³/mol. The van der Waals surface area contributed by atoms with Gasteiger partial charge in [-0.15, -0.1) is 0 Å². The number of ketones is 1. The molecule has 0 aliphatic rings. The monoisotopic (exact) mass is 258 g/mol. The van der Waals surface area contributed by atoms with Gasteiger partial charge in [-0.05, 0) is 6.07 Å². The molecule has 0 radical (unpaired) electrons. The first-order valence-electron chi connectivity index (χ1n) is 4.50. The van der Waals surface area contributed by atoms with Crippen LogP contribution >= 0.6 is 15.9 Å². The zero-order valence-corrected chi connectivity index (χ0v) is 10.6. The van der Waals surface area contributed by atoms with E-state index in [1.54, 1.807) is 11.7 Å². The molecular formula is C10H15BrN2O. The second kappa shape index (κ2) is 3.85. The van der Waals surface area contributed by atoms with E-state index >= 15 is 0 Å². The molecular weight excluding hydrogens is 244 g/mol. The van der Waals surface area contributed by atoms with Crippen molar-refractivity contribution >= 4 is 21.7 Å². The van der Waals surface area contributed by atoms with Gasteiger partial charge in [-0.3, -0.25) is 9.48 Å². The van der Waals surface area contributed by atoms with Gasteiger partial charge < -0.3 is 0 Å². The standard InChI is InChI=1S/C10H15BrN2O/c1-10(2,3)9-5-7(8(14)6-11)13(4)12-9/h5H,6H2,1-4H3. The summed E-state index contributed by atoms with van der Waals surface area (Å²) in [6, 6.07) is 1.86. The number of rotatable bonds is 2. The molecule has 0 spiro atoms. The second-order valence-corrected chi connectivity index (χ2v) is 4.91. The van der Waals surface area contributed by atoms with Crippen LogP contribution in [0.15, 0.2) is 6.07 Å². The molecule has 0 N–H and O–H groups in total. The van der Waals surface area contributed by atoms with Crippen LogP contribution in [0.2, 0.25) is 0 Å². The van der Waals surface area contributed by atoms with E-state index in [0.717, 1.165) is 5.69 Å². The van der Waals surface area contributed by atoms with Crippen LogP contribution in [0.25, 0.3) is 0 Å². The van der Waals surface area contributed by atoms with Crippen LogP contribution in [0.5, 0.6) is 0 Å². The first-order valence-corrected chi connectivity index (χ1v) is 5.62. The molecule has 0 unspecified atom stereocenters. The highest BCUT2D eigenvalue weighted by molar-refractivity contribution is 9.09. The number of alkyl halides is 1. The number of halogens is 1. The van der Waals surface area contributed by atoms with Crippen molar-refractivity contribution in [2.75, 3.05) is 5.33 Å². The van der Waals surface area contributed by atoms with Crippen molar-refractivity contribution in [3.63, 3.8) is 0 Å². The fraction of sp³-hybridized carbons (Fsp3) is 0.600. The van der Waals surface area contributed by atoms with Gasteiger partial charge in [-0.25, -0.2) is 0 Å². The van der Waals surface area contributed by atoms with Crippen molar-refractivity contribution in [3.8, 4) is 0 Å². The number of aromatic nitrogens is 2. The van der Waals surface area contributed by atoms with E-state index in [2.05, 4.69) is 41.8 Å². The minimum Gasteiger partial charge on any atom is -0.292 e.